The van der Waals surface area contributed by atoms with Gasteiger partial charge in [0, 0.05) is 17.6 Å². The van der Waals surface area contributed by atoms with Crippen molar-refractivity contribution >= 4 is 28.6 Å². The molecule has 0 unspecified atom stereocenters. The second-order valence-corrected chi connectivity index (χ2v) is 7.13. The number of aromatic nitrogens is 4. The van der Waals surface area contributed by atoms with Crippen molar-refractivity contribution in [3.8, 4) is 0 Å². The molecule has 7 heteroatoms. The first-order chi connectivity index (χ1) is 12.1. The first kappa shape index (κ1) is 16.3. The van der Waals surface area contributed by atoms with Crippen LogP contribution >= 0.6 is 11.6 Å². The molecule has 3 aromatic rings. The quantitative estimate of drug-likeness (QED) is 0.748. The van der Waals surface area contributed by atoms with Crippen LogP contribution < -0.4 is 5.32 Å². The fourth-order valence-corrected chi connectivity index (χ4v) is 3.58. The van der Waals surface area contributed by atoms with Crippen LogP contribution in [0.4, 0.5) is 5.82 Å². The molecule has 1 fully saturated rings. The molecule has 0 saturated heterocycles. The number of aliphatic hydroxyl groups excluding tert-OH is 1. The van der Waals surface area contributed by atoms with Crippen molar-refractivity contribution in [1.82, 2.24) is 19.5 Å². The van der Waals surface area contributed by atoms with Gasteiger partial charge in [0.15, 0.2) is 11.5 Å². The maximum absolute atomic E-state index is 10.0. The predicted molar refractivity (Wildman–Crippen MR) is 97.5 cm³/mol. The van der Waals surface area contributed by atoms with E-state index in [1.54, 1.807) is 6.33 Å². The van der Waals surface area contributed by atoms with Crippen LogP contribution in [0.15, 0.2) is 36.9 Å². The number of anilines is 1. The maximum Gasteiger partial charge on any atom is 0.165 e. The normalized spacial score (nSPS) is 23.2. The molecule has 0 bridgehead atoms. The highest BCUT2D eigenvalue weighted by Gasteiger charge is 2.32. The van der Waals surface area contributed by atoms with Gasteiger partial charge in [0.25, 0.3) is 0 Å². The number of fused-ring (bicyclic) bond motifs is 1. The minimum atomic E-state index is -0.258. The number of halogens is 1. The molecule has 3 atom stereocenters. The summed E-state index contributed by atoms with van der Waals surface area (Å²) in [5.74, 6) is 1.01. The van der Waals surface area contributed by atoms with Crippen molar-refractivity contribution in [1.29, 1.82) is 0 Å². The summed E-state index contributed by atoms with van der Waals surface area (Å²) in [7, 11) is 0. The number of hydrogen-bond acceptors (Lipinski definition) is 5. The number of nitrogens with one attached hydrogen (secondary N) is 1. The largest absolute Gasteiger partial charge is 0.393 e. The molecule has 1 aliphatic carbocycles. The van der Waals surface area contributed by atoms with Gasteiger partial charge in [-0.15, -0.1) is 0 Å². The SMILES string of the molecule is C[C@H]1C[C@@H](n2cnc3c(NCc4ccc(Cl)cc4)ncnc32)C[C@H]1O. The highest BCUT2D eigenvalue weighted by Crippen LogP contribution is 2.36. The monoisotopic (exact) mass is 357 g/mol. The molecule has 0 aliphatic heterocycles. The van der Waals surface area contributed by atoms with Gasteiger partial charge < -0.3 is 15.0 Å². The second kappa shape index (κ2) is 6.61. The molecule has 2 aromatic heterocycles. The Labute approximate surface area is 150 Å². The zero-order valence-corrected chi connectivity index (χ0v) is 14.7. The Bertz CT molecular complexity index is 869. The third kappa shape index (κ3) is 3.19. The molecule has 1 aliphatic rings. The van der Waals surface area contributed by atoms with Crippen molar-refractivity contribution in [3.05, 3.63) is 47.5 Å². The zero-order chi connectivity index (χ0) is 17.4. The van der Waals surface area contributed by atoms with Gasteiger partial charge in [0.1, 0.15) is 11.8 Å². The Morgan fingerprint density at radius 2 is 2.00 bits per heavy atom. The Kier molecular flexibility index (Phi) is 4.31. The van der Waals surface area contributed by atoms with Gasteiger partial charge in [-0.3, -0.25) is 0 Å². The standard InChI is InChI=1S/C18H20ClN5O/c1-11-6-14(7-15(11)25)24-10-23-16-17(21-9-22-18(16)24)20-8-12-2-4-13(19)5-3-12/h2-5,9-11,14-15,25H,6-8H2,1H3,(H,20,21,22)/t11-,14+,15+/m0/s1. The van der Waals surface area contributed by atoms with Crippen LogP contribution in [0, 0.1) is 5.92 Å². The number of rotatable bonds is 4. The molecule has 1 saturated carbocycles. The molecular formula is C18H20ClN5O. The molecule has 1 aromatic carbocycles. The predicted octanol–water partition coefficient (Wildman–Crippen LogP) is 3.42. The van der Waals surface area contributed by atoms with Crippen LogP contribution in [0.1, 0.15) is 31.4 Å². The van der Waals surface area contributed by atoms with Crippen LogP contribution in [0.2, 0.25) is 5.02 Å². The van der Waals surface area contributed by atoms with E-state index in [-0.39, 0.29) is 12.1 Å². The molecular weight excluding hydrogens is 338 g/mol. The van der Waals surface area contributed by atoms with Gasteiger partial charge in [-0.2, -0.15) is 0 Å². The van der Waals surface area contributed by atoms with Gasteiger partial charge in [-0.05, 0) is 36.5 Å². The number of nitrogens with zero attached hydrogens (tertiary/aromatic N) is 4. The van der Waals surface area contributed by atoms with E-state index in [4.69, 9.17) is 11.6 Å². The van der Waals surface area contributed by atoms with E-state index in [0.717, 1.165) is 34.6 Å². The Balaban J connectivity index is 1.57. The minimum absolute atomic E-state index is 0.231. The molecule has 0 spiro atoms. The lowest BCUT2D eigenvalue weighted by molar-refractivity contribution is 0.139. The Morgan fingerprint density at radius 1 is 1.20 bits per heavy atom. The van der Waals surface area contributed by atoms with E-state index in [2.05, 4.69) is 31.8 Å². The van der Waals surface area contributed by atoms with Crippen molar-refractivity contribution < 1.29 is 5.11 Å². The highest BCUT2D eigenvalue weighted by molar-refractivity contribution is 6.30. The van der Waals surface area contributed by atoms with E-state index < -0.39 is 0 Å². The third-order valence-electron chi connectivity index (χ3n) is 4.94. The van der Waals surface area contributed by atoms with Crippen molar-refractivity contribution in [2.45, 2.75) is 38.5 Å². The lowest BCUT2D eigenvalue weighted by Gasteiger charge is -2.12. The van der Waals surface area contributed by atoms with E-state index in [9.17, 15) is 5.11 Å². The summed E-state index contributed by atoms with van der Waals surface area (Å²) in [6.07, 6.45) is 4.78. The van der Waals surface area contributed by atoms with Crippen molar-refractivity contribution in [3.63, 3.8) is 0 Å². The van der Waals surface area contributed by atoms with Gasteiger partial charge in [-0.1, -0.05) is 30.7 Å². The Morgan fingerprint density at radius 3 is 2.72 bits per heavy atom. The van der Waals surface area contributed by atoms with Crippen LogP contribution in [-0.4, -0.2) is 30.7 Å². The summed E-state index contributed by atoms with van der Waals surface area (Å²) in [6, 6.07) is 7.93. The van der Waals surface area contributed by atoms with Crippen molar-refractivity contribution in [2.75, 3.05) is 5.32 Å². The number of imidazole rings is 1. The van der Waals surface area contributed by atoms with Crippen LogP contribution in [0.3, 0.4) is 0 Å². The van der Waals surface area contributed by atoms with Gasteiger partial charge in [-0.25, -0.2) is 15.0 Å². The highest BCUT2D eigenvalue weighted by atomic mass is 35.5. The van der Waals surface area contributed by atoms with Gasteiger partial charge >= 0.3 is 0 Å². The molecule has 0 radical (unpaired) electrons. The van der Waals surface area contributed by atoms with Gasteiger partial charge in [0.2, 0.25) is 0 Å². The summed E-state index contributed by atoms with van der Waals surface area (Å²) in [6.45, 7) is 2.72. The molecule has 0 amide bonds. The van der Waals surface area contributed by atoms with Crippen molar-refractivity contribution in [2.24, 2.45) is 5.92 Å². The fraction of sp³-hybridized carbons (Fsp3) is 0.389. The smallest absolute Gasteiger partial charge is 0.165 e. The lowest BCUT2D eigenvalue weighted by atomic mass is 10.1. The molecule has 130 valence electrons. The Hall–Kier alpha value is -2.18. The fourth-order valence-electron chi connectivity index (χ4n) is 3.46. The third-order valence-corrected chi connectivity index (χ3v) is 5.19. The minimum Gasteiger partial charge on any atom is -0.393 e. The summed E-state index contributed by atoms with van der Waals surface area (Å²) in [5, 5.41) is 14.1. The topological polar surface area (TPSA) is 75.9 Å². The number of aliphatic hydroxyl groups is 1. The number of benzene rings is 1. The van der Waals surface area contributed by atoms with Crippen LogP contribution in [0.5, 0.6) is 0 Å². The summed E-state index contributed by atoms with van der Waals surface area (Å²) >= 11 is 5.92. The van der Waals surface area contributed by atoms with Crippen LogP contribution in [-0.2, 0) is 6.54 Å². The molecule has 6 nitrogen and oxygen atoms in total. The second-order valence-electron chi connectivity index (χ2n) is 6.70. The first-order valence-corrected chi connectivity index (χ1v) is 8.83. The van der Waals surface area contributed by atoms with Crippen LogP contribution in [0.25, 0.3) is 11.2 Å². The summed E-state index contributed by atoms with van der Waals surface area (Å²) in [4.78, 5) is 13.3. The molecule has 4 rings (SSSR count). The van der Waals surface area contributed by atoms with E-state index in [1.165, 1.54) is 0 Å². The lowest BCUT2D eigenvalue weighted by Crippen LogP contribution is -2.09. The zero-order valence-electron chi connectivity index (χ0n) is 13.9. The molecule has 25 heavy (non-hydrogen) atoms. The molecule has 2 heterocycles. The van der Waals surface area contributed by atoms with E-state index in [0.29, 0.717) is 18.3 Å². The maximum atomic E-state index is 10.0. The average molecular weight is 358 g/mol. The summed E-state index contributed by atoms with van der Waals surface area (Å²) < 4.78 is 2.07. The first-order valence-electron chi connectivity index (χ1n) is 8.45. The molecule has 2 N–H and O–H groups in total. The van der Waals surface area contributed by atoms with E-state index in [1.807, 2.05) is 30.6 Å². The van der Waals surface area contributed by atoms with Gasteiger partial charge in [0.05, 0.1) is 12.4 Å². The average Bonchev–Trinajstić information content (AvgIpc) is 3.18. The summed E-state index contributed by atoms with van der Waals surface area (Å²) in [5.41, 5.74) is 2.67. The van der Waals surface area contributed by atoms with E-state index >= 15 is 0 Å². The number of hydrogen-bond donors (Lipinski definition) is 2.